The number of hydrogen-bond donors (Lipinski definition) is 2. The van der Waals surface area contributed by atoms with Crippen molar-refractivity contribution in [1.82, 2.24) is 14.5 Å². The third-order valence-corrected chi connectivity index (χ3v) is 5.67. The summed E-state index contributed by atoms with van der Waals surface area (Å²) in [6, 6.07) is 2.36. The highest BCUT2D eigenvalue weighted by Crippen LogP contribution is 2.41. The fourth-order valence-electron chi connectivity index (χ4n) is 3.81. The third kappa shape index (κ3) is 5.95. The molecular formula is C21H22F6N4O3. The number of amides is 1. The van der Waals surface area contributed by atoms with Gasteiger partial charge in [0.15, 0.2) is 0 Å². The molecule has 1 amide bonds. The van der Waals surface area contributed by atoms with Crippen molar-refractivity contribution < 1.29 is 36.2 Å². The molecule has 2 aromatic rings. The smallest absolute Gasteiger partial charge is 0.391 e. The van der Waals surface area contributed by atoms with Crippen molar-refractivity contribution in [2.24, 2.45) is 0 Å². The van der Waals surface area contributed by atoms with Gasteiger partial charge < -0.3 is 15.0 Å². The second-order valence-corrected chi connectivity index (χ2v) is 8.09. The van der Waals surface area contributed by atoms with Crippen LogP contribution in [0.1, 0.15) is 30.4 Å². The van der Waals surface area contributed by atoms with Crippen molar-refractivity contribution in [3.05, 3.63) is 57.9 Å². The van der Waals surface area contributed by atoms with Gasteiger partial charge in [0.2, 0.25) is 5.91 Å². The second kappa shape index (κ2) is 9.74. The maximum atomic E-state index is 14.8. The summed E-state index contributed by atoms with van der Waals surface area (Å²) in [5, 5.41) is 11.8. The number of aliphatic hydroxyl groups is 1. The largest absolute Gasteiger partial charge is 0.406 e. The van der Waals surface area contributed by atoms with Gasteiger partial charge in [-0.3, -0.25) is 14.5 Å². The van der Waals surface area contributed by atoms with Gasteiger partial charge >= 0.3 is 6.18 Å². The molecule has 3 heterocycles. The lowest BCUT2D eigenvalue weighted by Gasteiger charge is -2.41. The number of pyridine rings is 2. The van der Waals surface area contributed by atoms with Gasteiger partial charge in [-0.05, 0) is 30.7 Å². The Balaban J connectivity index is 1.86. The molecule has 0 bridgehead atoms. The van der Waals surface area contributed by atoms with Crippen molar-refractivity contribution in [3.8, 4) is 0 Å². The number of anilines is 1. The molecule has 0 aliphatic carbocycles. The predicted molar refractivity (Wildman–Crippen MR) is 109 cm³/mol. The molecule has 2 N–H and O–H groups in total. The molecule has 1 aliphatic heterocycles. The van der Waals surface area contributed by atoms with Crippen LogP contribution >= 0.6 is 0 Å². The zero-order chi connectivity index (χ0) is 25.3. The maximum Gasteiger partial charge on any atom is 0.406 e. The Bertz CT molecular complexity index is 1090. The average Bonchev–Trinajstić information content (AvgIpc) is 2.75. The Labute approximate surface area is 190 Å². The van der Waals surface area contributed by atoms with E-state index in [0.717, 1.165) is 24.5 Å². The molecule has 2 aromatic heterocycles. The van der Waals surface area contributed by atoms with Crippen LogP contribution in [-0.4, -0.2) is 56.7 Å². The van der Waals surface area contributed by atoms with Gasteiger partial charge in [0.1, 0.15) is 18.2 Å². The van der Waals surface area contributed by atoms with E-state index < -0.39 is 73.0 Å². The summed E-state index contributed by atoms with van der Waals surface area (Å²) >= 11 is 0. The summed E-state index contributed by atoms with van der Waals surface area (Å²) in [7, 11) is 0. The highest BCUT2D eigenvalue weighted by Gasteiger charge is 2.47. The number of aliphatic hydroxyl groups excluding tert-OH is 1. The molecule has 34 heavy (non-hydrogen) atoms. The van der Waals surface area contributed by atoms with E-state index in [1.807, 2.05) is 0 Å². The molecule has 1 fully saturated rings. The number of nitrogens with zero attached hydrogens (tertiary/aromatic N) is 3. The van der Waals surface area contributed by atoms with Crippen LogP contribution in [0.4, 0.5) is 32.2 Å². The van der Waals surface area contributed by atoms with Crippen LogP contribution in [-0.2, 0) is 17.9 Å². The zero-order valence-corrected chi connectivity index (χ0v) is 18.0. The standard InChI is InChI=1S/C21H22F6N4O3/c1-12(18(33)29-17-3-2-15(22)7-28-17)30-5-4-20(23,24)16(9-30)13-6-14(10-32)19(34)31(8-13)11-21(25,26)27/h2-3,6-8,12,16,32H,4-5,9-11H2,1H3,(H,28,29,33). The van der Waals surface area contributed by atoms with E-state index in [4.69, 9.17) is 0 Å². The van der Waals surface area contributed by atoms with Gasteiger partial charge in [0.05, 0.1) is 24.8 Å². The van der Waals surface area contributed by atoms with Crippen LogP contribution in [0, 0.1) is 5.82 Å². The number of rotatable bonds is 6. The van der Waals surface area contributed by atoms with Crippen molar-refractivity contribution >= 4 is 11.7 Å². The lowest BCUT2D eigenvalue weighted by molar-refractivity contribution is -0.141. The van der Waals surface area contributed by atoms with Gasteiger partial charge in [-0.2, -0.15) is 13.2 Å². The van der Waals surface area contributed by atoms with E-state index in [1.54, 1.807) is 0 Å². The quantitative estimate of drug-likeness (QED) is 0.606. The lowest BCUT2D eigenvalue weighted by Crippen LogP contribution is -2.52. The third-order valence-electron chi connectivity index (χ3n) is 5.67. The molecule has 2 atom stereocenters. The zero-order valence-electron chi connectivity index (χ0n) is 18.0. The lowest BCUT2D eigenvalue weighted by atomic mass is 9.86. The normalized spacial score (nSPS) is 19.6. The number of carbonyl (C=O) groups excluding carboxylic acids is 1. The number of aromatic nitrogens is 2. The van der Waals surface area contributed by atoms with Gasteiger partial charge in [0, 0.05) is 31.3 Å². The van der Waals surface area contributed by atoms with E-state index in [-0.39, 0.29) is 22.5 Å². The highest BCUT2D eigenvalue weighted by molar-refractivity contribution is 5.93. The SMILES string of the molecule is CC(C(=O)Nc1ccc(F)cn1)N1CCC(F)(F)C(c2cc(CO)c(=O)n(CC(F)(F)F)c2)C1. The van der Waals surface area contributed by atoms with E-state index in [0.29, 0.717) is 0 Å². The number of carbonyl (C=O) groups is 1. The maximum absolute atomic E-state index is 14.8. The first-order valence-electron chi connectivity index (χ1n) is 10.3. The van der Waals surface area contributed by atoms with Gasteiger partial charge in [-0.15, -0.1) is 0 Å². The minimum atomic E-state index is -4.78. The van der Waals surface area contributed by atoms with Gasteiger partial charge in [-0.25, -0.2) is 18.2 Å². The fraction of sp³-hybridized carbons (Fsp3) is 0.476. The number of halogens is 6. The number of likely N-dealkylation sites (tertiary alicyclic amines) is 1. The molecule has 2 unspecified atom stereocenters. The first-order valence-corrected chi connectivity index (χ1v) is 10.3. The Morgan fingerprint density at radius 1 is 1.35 bits per heavy atom. The molecule has 186 valence electrons. The molecular weight excluding hydrogens is 470 g/mol. The Kier molecular flexibility index (Phi) is 7.36. The first kappa shape index (κ1) is 25.7. The molecule has 0 aromatic carbocycles. The van der Waals surface area contributed by atoms with Crippen LogP contribution < -0.4 is 10.9 Å². The topological polar surface area (TPSA) is 87.5 Å². The number of piperidine rings is 1. The number of hydrogen-bond acceptors (Lipinski definition) is 5. The van der Waals surface area contributed by atoms with Crippen LogP contribution in [0.25, 0.3) is 0 Å². The van der Waals surface area contributed by atoms with Crippen molar-refractivity contribution in [2.45, 2.75) is 50.6 Å². The van der Waals surface area contributed by atoms with Crippen LogP contribution in [0.5, 0.6) is 0 Å². The predicted octanol–water partition coefficient (Wildman–Crippen LogP) is 2.89. The second-order valence-electron chi connectivity index (χ2n) is 8.09. The molecule has 1 aliphatic rings. The molecule has 7 nitrogen and oxygen atoms in total. The average molecular weight is 492 g/mol. The van der Waals surface area contributed by atoms with Crippen LogP contribution in [0.15, 0.2) is 35.4 Å². The summed E-state index contributed by atoms with van der Waals surface area (Å²) in [5.74, 6) is -6.12. The highest BCUT2D eigenvalue weighted by atomic mass is 19.4. The van der Waals surface area contributed by atoms with Crippen LogP contribution in [0.3, 0.4) is 0 Å². The minimum Gasteiger partial charge on any atom is -0.391 e. The number of alkyl halides is 5. The Morgan fingerprint density at radius 2 is 2.06 bits per heavy atom. The van der Waals surface area contributed by atoms with E-state index >= 15 is 0 Å². The van der Waals surface area contributed by atoms with Gasteiger partial charge in [0.25, 0.3) is 11.5 Å². The van der Waals surface area contributed by atoms with Gasteiger partial charge in [-0.1, -0.05) is 0 Å². The molecule has 0 radical (unpaired) electrons. The summed E-state index contributed by atoms with van der Waals surface area (Å²) in [6.07, 6.45) is -3.84. The molecule has 1 saturated heterocycles. The van der Waals surface area contributed by atoms with E-state index in [1.165, 1.54) is 17.9 Å². The first-order chi connectivity index (χ1) is 15.8. The van der Waals surface area contributed by atoms with Crippen LogP contribution in [0.2, 0.25) is 0 Å². The molecule has 3 rings (SSSR count). The van der Waals surface area contributed by atoms with Crippen molar-refractivity contribution in [1.29, 1.82) is 0 Å². The number of nitrogens with one attached hydrogen (secondary N) is 1. The monoisotopic (exact) mass is 492 g/mol. The molecule has 0 saturated carbocycles. The Hall–Kier alpha value is -2.93. The summed E-state index contributed by atoms with van der Waals surface area (Å²) in [5.41, 5.74) is -1.82. The summed E-state index contributed by atoms with van der Waals surface area (Å²) in [4.78, 5) is 29.9. The summed E-state index contributed by atoms with van der Waals surface area (Å²) in [6.45, 7) is -1.73. The minimum absolute atomic E-state index is 0.0592. The molecule has 0 spiro atoms. The fourth-order valence-corrected chi connectivity index (χ4v) is 3.81. The van der Waals surface area contributed by atoms with Crippen molar-refractivity contribution in [3.63, 3.8) is 0 Å². The van der Waals surface area contributed by atoms with E-state index in [2.05, 4.69) is 10.3 Å². The summed E-state index contributed by atoms with van der Waals surface area (Å²) < 4.78 is 81.6. The van der Waals surface area contributed by atoms with Crippen molar-refractivity contribution in [2.75, 3.05) is 18.4 Å². The Morgan fingerprint density at radius 3 is 2.65 bits per heavy atom. The molecule has 13 heteroatoms. The van der Waals surface area contributed by atoms with E-state index in [9.17, 15) is 41.0 Å².